The standard InChI is InChI=1S/C58H37FN2O/c59-51-36-44(40-14-5-1-6-15-40)35-50(41-16-7-2-8-17-41)58(51)60(45-19-9-3-10-20-45)47-29-31-49-48-30-26-38(34-54(48)62-55(49)37-47)24-25-39-32-43-28-27-42-18-13-23-52-56(42)57(43)53(33-39)61(52)46-21-11-4-12-22-46/h1-37H/b25-24+. The molecule has 10 aromatic carbocycles. The van der Waals surface area contributed by atoms with Crippen molar-refractivity contribution in [2.75, 3.05) is 4.90 Å². The highest BCUT2D eigenvalue weighted by Crippen LogP contribution is 2.46. The lowest BCUT2D eigenvalue weighted by molar-refractivity contribution is 0.629. The lowest BCUT2D eigenvalue weighted by atomic mass is 9.95. The second-order valence-corrected chi connectivity index (χ2v) is 15.9. The number of anilines is 3. The third-order valence-corrected chi connectivity index (χ3v) is 12.1. The van der Waals surface area contributed by atoms with E-state index >= 15 is 4.39 Å². The number of nitrogens with zero attached hydrogens (tertiary/aromatic N) is 2. The number of rotatable bonds is 8. The highest BCUT2D eigenvalue weighted by atomic mass is 19.1. The zero-order valence-corrected chi connectivity index (χ0v) is 33.5. The maximum absolute atomic E-state index is 17.0. The van der Waals surface area contributed by atoms with Crippen LogP contribution in [0.25, 0.3) is 94.6 Å². The summed E-state index contributed by atoms with van der Waals surface area (Å²) >= 11 is 0. The van der Waals surface area contributed by atoms with E-state index in [1.165, 1.54) is 32.6 Å². The molecule has 0 atom stereocenters. The number of halogens is 1. The fourth-order valence-electron chi connectivity index (χ4n) is 9.33. The van der Waals surface area contributed by atoms with E-state index in [-0.39, 0.29) is 5.82 Å². The molecule has 2 aromatic heterocycles. The molecule has 0 spiro atoms. The van der Waals surface area contributed by atoms with Gasteiger partial charge in [-0.05, 0) is 117 Å². The third kappa shape index (κ3) is 5.95. The molecule has 0 amide bonds. The zero-order chi connectivity index (χ0) is 41.1. The lowest BCUT2D eigenvalue weighted by Crippen LogP contribution is -2.13. The van der Waals surface area contributed by atoms with Gasteiger partial charge in [-0.1, -0.05) is 140 Å². The van der Waals surface area contributed by atoms with E-state index in [0.717, 1.165) is 72.4 Å². The molecule has 3 nitrogen and oxygen atoms in total. The van der Waals surface area contributed by atoms with Crippen LogP contribution in [0.4, 0.5) is 21.5 Å². The second kappa shape index (κ2) is 14.5. The molecule has 0 bridgehead atoms. The van der Waals surface area contributed by atoms with Crippen LogP contribution in [0.5, 0.6) is 0 Å². The third-order valence-electron chi connectivity index (χ3n) is 12.1. The van der Waals surface area contributed by atoms with Gasteiger partial charge < -0.3 is 13.9 Å². The summed E-state index contributed by atoms with van der Waals surface area (Å²) < 4.78 is 26.1. The molecular weight excluding hydrogens is 760 g/mol. The molecule has 0 saturated carbocycles. The summed E-state index contributed by atoms with van der Waals surface area (Å²) in [6.07, 6.45) is 4.34. The average molecular weight is 797 g/mol. The van der Waals surface area contributed by atoms with Crippen LogP contribution in [-0.2, 0) is 0 Å². The van der Waals surface area contributed by atoms with E-state index < -0.39 is 0 Å². The molecule has 62 heavy (non-hydrogen) atoms. The molecule has 0 fully saturated rings. The van der Waals surface area contributed by atoms with Crippen LogP contribution in [0.3, 0.4) is 0 Å². The van der Waals surface area contributed by atoms with Gasteiger partial charge >= 0.3 is 0 Å². The van der Waals surface area contributed by atoms with Crippen LogP contribution in [-0.4, -0.2) is 4.57 Å². The molecular formula is C58H37FN2O. The summed E-state index contributed by atoms with van der Waals surface area (Å²) in [6.45, 7) is 0. The zero-order valence-electron chi connectivity index (χ0n) is 33.5. The van der Waals surface area contributed by atoms with Crippen LogP contribution < -0.4 is 4.90 Å². The Morgan fingerprint density at radius 3 is 1.85 bits per heavy atom. The Morgan fingerprint density at radius 1 is 0.435 bits per heavy atom. The molecule has 0 aliphatic carbocycles. The summed E-state index contributed by atoms with van der Waals surface area (Å²) in [5.41, 5.74) is 12.8. The number of aromatic nitrogens is 1. The first-order chi connectivity index (χ1) is 30.6. The fourth-order valence-corrected chi connectivity index (χ4v) is 9.33. The van der Waals surface area contributed by atoms with Crippen molar-refractivity contribution in [3.8, 4) is 27.9 Å². The van der Waals surface area contributed by atoms with Gasteiger partial charge in [0.25, 0.3) is 0 Å². The molecule has 2 heterocycles. The molecule has 0 N–H and O–H groups in total. The highest BCUT2D eigenvalue weighted by molar-refractivity contribution is 6.24. The first-order valence-electron chi connectivity index (χ1n) is 20.9. The summed E-state index contributed by atoms with van der Waals surface area (Å²) in [5.74, 6) is -0.319. The Balaban J connectivity index is 0.950. The van der Waals surface area contributed by atoms with Crippen molar-refractivity contribution in [3.05, 3.63) is 229 Å². The molecule has 292 valence electrons. The number of para-hydroxylation sites is 2. The van der Waals surface area contributed by atoms with E-state index in [9.17, 15) is 0 Å². The highest BCUT2D eigenvalue weighted by Gasteiger charge is 2.24. The molecule has 0 saturated heterocycles. The van der Waals surface area contributed by atoms with Gasteiger partial charge in [0.05, 0.1) is 22.4 Å². The van der Waals surface area contributed by atoms with E-state index in [2.05, 4.69) is 126 Å². The van der Waals surface area contributed by atoms with Gasteiger partial charge in [-0.15, -0.1) is 0 Å². The molecule has 0 radical (unpaired) electrons. The Labute approximate surface area is 357 Å². The minimum atomic E-state index is -0.319. The van der Waals surface area contributed by atoms with Crippen LogP contribution in [0.15, 0.2) is 217 Å². The van der Waals surface area contributed by atoms with Crippen LogP contribution in [0.1, 0.15) is 11.1 Å². The Bertz CT molecular complexity index is 3630. The van der Waals surface area contributed by atoms with Crippen LogP contribution in [0, 0.1) is 5.82 Å². The molecule has 0 aliphatic rings. The van der Waals surface area contributed by atoms with Gasteiger partial charge in [-0.2, -0.15) is 0 Å². The maximum atomic E-state index is 17.0. The number of hydrogen-bond donors (Lipinski definition) is 0. The van der Waals surface area contributed by atoms with Gasteiger partial charge in [-0.25, -0.2) is 4.39 Å². The van der Waals surface area contributed by atoms with E-state index in [0.29, 0.717) is 5.69 Å². The number of furan rings is 1. The minimum Gasteiger partial charge on any atom is -0.456 e. The summed E-state index contributed by atoms with van der Waals surface area (Å²) in [5, 5.41) is 7.08. The van der Waals surface area contributed by atoms with Crippen molar-refractivity contribution in [2.45, 2.75) is 0 Å². The van der Waals surface area contributed by atoms with Crippen molar-refractivity contribution in [1.29, 1.82) is 0 Å². The lowest BCUT2D eigenvalue weighted by Gasteiger charge is -2.28. The maximum Gasteiger partial charge on any atom is 0.148 e. The number of fused-ring (bicyclic) bond motifs is 3. The average Bonchev–Trinajstić information content (AvgIpc) is 3.87. The topological polar surface area (TPSA) is 21.3 Å². The van der Waals surface area contributed by atoms with Crippen LogP contribution >= 0.6 is 0 Å². The molecule has 12 aromatic rings. The summed E-state index contributed by atoms with van der Waals surface area (Å²) in [7, 11) is 0. The van der Waals surface area contributed by atoms with E-state index in [1.54, 1.807) is 6.07 Å². The molecule has 0 unspecified atom stereocenters. The molecule has 4 heteroatoms. The second-order valence-electron chi connectivity index (χ2n) is 15.9. The van der Waals surface area contributed by atoms with Gasteiger partial charge in [0.1, 0.15) is 17.0 Å². The first kappa shape index (κ1) is 35.7. The summed E-state index contributed by atoms with van der Waals surface area (Å²) in [6, 6.07) is 72.5. The Hall–Kier alpha value is -8.21. The Morgan fingerprint density at radius 2 is 1.08 bits per heavy atom. The Kier molecular flexibility index (Phi) is 8.36. The normalized spacial score (nSPS) is 11.9. The first-order valence-corrected chi connectivity index (χ1v) is 20.9. The summed E-state index contributed by atoms with van der Waals surface area (Å²) in [4.78, 5) is 2.00. The largest absolute Gasteiger partial charge is 0.456 e. The SMILES string of the molecule is Fc1cc(-c2ccccc2)cc(-c2ccccc2)c1N(c1ccccc1)c1ccc2c(c1)oc1cc(/C=C/c3cc4ccc5cccc6c5c4c(c3)n6-c3ccccc3)ccc12. The molecule has 0 aliphatic heterocycles. The van der Waals surface area contributed by atoms with Crippen LogP contribution in [0.2, 0.25) is 0 Å². The smallest absolute Gasteiger partial charge is 0.148 e. The number of benzene rings is 10. The predicted octanol–water partition coefficient (Wildman–Crippen LogP) is 16.4. The van der Waals surface area contributed by atoms with E-state index in [4.69, 9.17) is 4.42 Å². The van der Waals surface area contributed by atoms with E-state index in [1.807, 2.05) is 102 Å². The number of hydrogen-bond acceptors (Lipinski definition) is 2. The fraction of sp³-hybridized carbons (Fsp3) is 0. The van der Waals surface area contributed by atoms with Gasteiger partial charge in [0, 0.05) is 44.5 Å². The van der Waals surface area contributed by atoms with Gasteiger partial charge in [0.15, 0.2) is 0 Å². The predicted molar refractivity (Wildman–Crippen MR) is 258 cm³/mol. The molecule has 12 rings (SSSR count). The van der Waals surface area contributed by atoms with Gasteiger partial charge in [0.2, 0.25) is 0 Å². The van der Waals surface area contributed by atoms with Gasteiger partial charge in [-0.3, -0.25) is 0 Å². The van der Waals surface area contributed by atoms with Crippen molar-refractivity contribution < 1.29 is 8.81 Å². The quantitative estimate of drug-likeness (QED) is 0.113. The monoisotopic (exact) mass is 796 g/mol. The van der Waals surface area contributed by atoms with Crippen molar-refractivity contribution in [1.82, 2.24) is 4.57 Å². The van der Waals surface area contributed by atoms with Crippen molar-refractivity contribution in [3.63, 3.8) is 0 Å². The van der Waals surface area contributed by atoms with Crippen molar-refractivity contribution >= 4 is 83.7 Å². The minimum absolute atomic E-state index is 0.319. The van der Waals surface area contributed by atoms with Crippen molar-refractivity contribution in [2.24, 2.45) is 0 Å².